The lowest BCUT2D eigenvalue weighted by Crippen LogP contribution is -2.23. The van der Waals surface area contributed by atoms with Crippen molar-refractivity contribution >= 4 is 0 Å². The largest absolute Gasteiger partial charge is 0.348 e. The summed E-state index contributed by atoms with van der Waals surface area (Å²) in [7, 11) is 0. The van der Waals surface area contributed by atoms with Gasteiger partial charge >= 0.3 is 0 Å². The summed E-state index contributed by atoms with van der Waals surface area (Å²) < 4.78 is 11.1. The highest BCUT2D eigenvalue weighted by Gasteiger charge is 2.47. The zero-order chi connectivity index (χ0) is 8.06. The molecule has 0 aromatic rings. The van der Waals surface area contributed by atoms with E-state index in [0.29, 0.717) is 18.6 Å². The van der Waals surface area contributed by atoms with Crippen molar-refractivity contribution in [1.82, 2.24) is 0 Å². The van der Waals surface area contributed by atoms with E-state index in [2.05, 4.69) is 0 Å². The van der Waals surface area contributed by atoms with Crippen LogP contribution in [-0.2, 0) is 9.47 Å². The molecule has 0 spiro atoms. The summed E-state index contributed by atoms with van der Waals surface area (Å²) in [6.45, 7) is 4.60. The number of hydrogen-bond donors (Lipinski definition) is 1. The van der Waals surface area contributed by atoms with Gasteiger partial charge in [0.2, 0.25) is 0 Å². The Kier molecular flexibility index (Phi) is 1.50. The predicted octanol–water partition coefficient (Wildman–Crippen LogP) is 0.485. The lowest BCUT2D eigenvalue weighted by Gasteiger charge is -2.16. The molecule has 1 saturated carbocycles. The third-order valence-corrected chi connectivity index (χ3v) is 2.40. The number of nitrogens with two attached hydrogens (primary N) is 1. The summed E-state index contributed by atoms with van der Waals surface area (Å²) in [5, 5.41) is 0. The molecule has 2 rings (SSSR count). The van der Waals surface area contributed by atoms with Gasteiger partial charge in [0.25, 0.3) is 0 Å². The maximum Gasteiger partial charge on any atom is 0.163 e. The first-order chi connectivity index (χ1) is 5.08. The smallest absolute Gasteiger partial charge is 0.163 e. The van der Waals surface area contributed by atoms with E-state index < -0.39 is 0 Å². The third kappa shape index (κ3) is 1.41. The number of hydrogen-bond acceptors (Lipinski definition) is 3. The second kappa shape index (κ2) is 2.19. The van der Waals surface area contributed by atoms with E-state index in [-0.39, 0.29) is 11.9 Å². The highest BCUT2D eigenvalue weighted by atomic mass is 16.7. The molecule has 2 N–H and O–H groups in total. The number of rotatable bonds is 1. The highest BCUT2D eigenvalue weighted by Crippen LogP contribution is 2.38. The fourth-order valence-corrected chi connectivity index (χ4v) is 1.59. The molecule has 11 heavy (non-hydrogen) atoms. The van der Waals surface area contributed by atoms with Gasteiger partial charge in [-0.05, 0) is 20.3 Å². The SMILES string of the molecule is CC1(C)OCC([C@@H]2C[C@H]2N)O1. The van der Waals surface area contributed by atoms with Crippen LogP contribution in [0.15, 0.2) is 0 Å². The Morgan fingerprint density at radius 3 is 2.45 bits per heavy atom. The molecule has 1 heterocycles. The van der Waals surface area contributed by atoms with Crippen LogP contribution in [0.1, 0.15) is 20.3 Å². The third-order valence-electron chi connectivity index (χ3n) is 2.40. The molecule has 3 atom stereocenters. The van der Waals surface area contributed by atoms with Gasteiger partial charge in [-0.3, -0.25) is 0 Å². The second-order valence-electron chi connectivity index (χ2n) is 3.93. The molecule has 0 amide bonds. The lowest BCUT2D eigenvalue weighted by atomic mass is 10.2. The van der Waals surface area contributed by atoms with Crippen molar-refractivity contribution in [2.45, 2.75) is 38.2 Å². The second-order valence-corrected chi connectivity index (χ2v) is 3.93. The molecule has 1 aliphatic heterocycles. The Morgan fingerprint density at radius 2 is 2.09 bits per heavy atom. The van der Waals surface area contributed by atoms with E-state index in [4.69, 9.17) is 15.2 Å². The molecule has 0 bridgehead atoms. The van der Waals surface area contributed by atoms with E-state index in [1.165, 1.54) is 0 Å². The van der Waals surface area contributed by atoms with Gasteiger partial charge in [0.1, 0.15) is 0 Å². The Hall–Kier alpha value is -0.120. The molecular weight excluding hydrogens is 142 g/mol. The molecule has 0 aromatic carbocycles. The van der Waals surface area contributed by atoms with Gasteiger partial charge < -0.3 is 15.2 Å². The summed E-state index contributed by atoms with van der Waals surface area (Å²) in [6, 6.07) is 0.359. The van der Waals surface area contributed by atoms with Crippen molar-refractivity contribution in [3.63, 3.8) is 0 Å². The van der Waals surface area contributed by atoms with Crippen LogP contribution in [-0.4, -0.2) is 24.5 Å². The molecule has 0 radical (unpaired) electrons. The topological polar surface area (TPSA) is 44.5 Å². The van der Waals surface area contributed by atoms with Gasteiger partial charge in [0.05, 0.1) is 12.7 Å². The van der Waals surface area contributed by atoms with E-state index >= 15 is 0 Å². The molecule has 1 saturated heterocycles. The summed E-state index contributed by atoms with van der Waals surface area (Å²) >= 11 is 0. The normalized spacial score (nSPS) is 47.7. The number of ether oxygens (including phenoxy) is 2. The Morgan fingerprint density at radius 1 is 1.45 bits per heavy atom. The Labute approximate surface area is 66.8 Å². The molecule has 1 aliphatic carbocycles. The fraction of sp³-hybridized carbons (Fsp3) is 1.00. The quantitative estimate of drug-likeness (QED) is 0.602. The van der Waals surface area contributed by atoms with Crippen molar-refractivity contribution in [2.24, 2.45) is 11.7 Å². The average Bonchev–Trinajstić information content (AvgIpc) is 2.49. The standard InChI is InChI=1S/C8H15NO2/c1-8(2)10-4-7(11-8)5-3-6(5)9/h5-7H,3-4,9H2,1-2H3/t5-,6-,7?/m1/s1. The van der Waals surface area contributed by atoms with E-state index in [1.807, 2.05) is 13.8 Å². The first kappa shape index (κ1) is 7.53. The molecule has 2 aliphatic rings. The molecular formula is C8H15NO2. The van der Waals surface area contributed by atoms with E-state index in [0.717, 1.165) is 6.42 Å². The van der Waals surface area contributed by atoms with Crippen LogP contribution >= 0.6 is 0 Å². The molecule has 64 valence electrons. The summed E-state index contributed by atoms with van der Waals surface area (Å²) in [6.07, 6.45) is 1.35. The van der Waals surface area contributed by atoms with Crippen molar-refractivity contribution in [1.29, 1.82) is 0 Å². The Balaban J connectivity index is 1.90. The van der Waals surface area contributed by atoms with Crippen LogP contribution in [0.4, 0.5) is 0 Å². The van der Waals surface area contributed by atoms with Gasteiger partial charge in [-0.2, -0.15) is 0 Å². The van der Waals surface area contributed by atoms with Crippen molar-refractivity contribution in [2.75, 3.05) is 6.61 Å². The van der Waals surface area contributed by atoms with Crippen LogP contribution in [0.3, 0.4) is 0 Å². The van der Waals surface area contributed by atoms with Gasteiger partial charge in [-0.15, -0.1) is 0 Å². The van der Waals surface area contributed by atoms with E-state index in [1.54, 1.807) is 0 Å². The summed E-state index contributed by atoms with van der Waals surface area (Å²) in [5.74, 6) is 0.171. The molecule has 3 nitrogen and oxygen atoms in total. The minimum absolute atomic E-state index is 0.250. The maximum atomic E-state index is 5.70. The van der Waals surface area contributed by atoms with Gasteiger partial charge in [-0.1, -0.05) is 0 Å². The lowest BCUT2D eigenvalue weighted by molar-refractivity contribution is -0.140. The van der Waals surface area contributed by atoms with E-state index in [9.17, 15) is 0 Å². The van der Waals surface area contributed by atoms with Crippen LogP contribution in [0.5, 0.6) is 0 Å². The first-order valence-electron chi connectivity index (χ1n) is 4.16. The van der Waals surface area contributed by atoms with Gasteiger partial charge in [0, 0.05) is 12.0 Å². The van der Waals surface area contributed by atoms with Gasteiger partial charge in [0.15, 0.2) is 5.79 Å². The molecule has 1 unspecified atom stereocenters. The highest BCUT2D eigenvalue weighted by molar-refractivity contribution is 4.97. The average molecular weight is 157 g/mol. The first-order valence-corrected chi connectivity index (χ1v) is 4.16. The predicted molar refractivity (Wildman–Crippen MR) is 41.0 cm³/mol. The summed E-state index contributed by atoms with van der Waals surface area (Å²) in [4.78, 5) is 0. The zero-order valence-corrected chi connectivity index (χ0v) is 7.04. The molecule has 0 aromatic heterocycles. The zero-order valence-electron chi connectivity index (χ0n) is 7.04. The monoisotopic (exact) mass is 157 g/mol. The molecule has 3 heteroatoms. The van der Waals surface area contributed by atoms with Crippen molar-refractivity contribution < 1.29 is 9.47 Å². The minimum Gasteiger partial charge on any atom is -0.348 e. The molecule has 2 fully saturated rings. The van der Waals surface area contributed by atoms with Crippen LogP contribution in [0, 0.1) is 5.92 Å². The minimum atomic E-state index is -0.382. The summed E-state index contributed by atoms with van der Waals surface area (Å²) in [5.41, 5.74) is 5.70. The Bertz CT molecular complexity index is 169. The van der Waals surface area contributed by atoms with Crippen LogP contribution in [0.2, 0.25) is 0 Å². The van der Waals surface area contributed by atoms with Gasteiger partial charge in [-0.25, -0.2) is 0 Å². The van der Waals surface area contributed by atoms with Crippen LogP contribution < -0.4 is 5.73 Å². The van der Waals surface area contributed by atoms with Crippen molar-refractivity contribution in [3.05, 3.63) is 0 Å². The fourth-order valence-electron chi connectivity index (χ4n) is 1.59. The van der Waals surface area contributed by atoms with Crippen LogP contribution in [0.25, 0.3) is 0 Å². The maximum absolute atomic E-state index is 5.70. The van der Waals surface area contributed by atoms with Crippen molar-refractivity contribution in [3.8, 4) is 0 Å².